The molecule has 2 rings (SSSR count). The van der Waals surface area contributed by atoms with Gasteiger partial charge < -0.3 is 9.84 Å². The number of carbonyl (C=O) groups is 1. The Morgan fingerprint density at radius 2 is 2.00 bits per heavy atom. The Labute approximate surface area is 127 Å². The highest BCUT2D eigenvalue weighted by Crippen LogP contribution is 2.23. The van der Waals surface area contributed by atoms with Gasteiger partial charge in [0.1, 0.15) is 12.4 Å². The van der Waals surface area contributed by atoms with E-state index in [4.69, 9.17) is 21.4 Å². The lowest BCUT2D eigenvalue weighted by Crippen LogP contribution is -2.17. The molecule has 0 fully saturated rings. The Balaban J connectivity index is 2.09. The van der Waals surface area contributed by atoms with Crippen LogP contribution in [0.4, 0.5) is 10.5 Å². The molecule has 0 saturated heterocycles. The number of hydrogen-bond donors (Lipinski definition) is 2. The third kappa shape index (κ3) is 4.53. The van der Waals surface area contributed by atoms with E-state index in [9.17, 15) is 4.79 Å². The van der Waals surface area contributed by atoms with E-state index < -0.39 is 6.09 Å². The summed E-state index contributed by atoms with van der Waals surface area (Å²) in [7, 11) is 0. The fraction of sp³-hybridized carbons (Fsp3) is 0.0625. The molecule has 0 aliphatic heterocycles. The highest BCUT2D eigenvalue weighted by atomic mass is 35.5. The van der Waals surface area contributed by atoms with Gasteiger partial charge in [0.05, 0.1) is 10.7 Å². The van der Waals surface area contributed by atoms with E-state index in [2.05, 4.69) is 17.2 Å². The van der Waals surface area contributed by atoms with E-state index in [0.717, 1.165) is 0 Å². The van der Waals surface area contributed by atoms with E-state index in [1.54, 1.807) is 42.5 Å². The number of amides is 1. The van der Waals surface area contributed by atoms with Gasteiger partial charge in [-0.05, 0) is 30.3 Å². The van der Waals surface area contributed by atoms with Crippen LogP contribution in [0.3, 0.4) is 0 Å². The molecule has 106 valence electrons. The van der Waals surface area contributed by atoms with Crippen LogP contribution in [0.25, 0.3) is 0 Å². The molecule has 0 aliphatic carbocycles. The Bertz CT molecular complexity index is 690. The van der Waals surface area contributed by atoms with Crippen molar-refractivity contribution in [3.8, 4) is 17.6 Å². The van der Waals surface area contributed by atoms with Gasteiger partial charge in [-0.1, -0.05) is 41.6 Å². The van der Waals surface area contributed by atoms with Crippen molar-refractivity contribution in [3.63, 3.8) is 0 Å². The molecular weight excluding hydrogens is 290 g/mol. The predicted molar refractivity (Wildman–Crippen MR) is 81.5 cm³/mol. The number of carbonyl (C=O) groups excluding carboxylic acids is 1. The number of ether oxygens (including phenoxy) is 1. The highest BCUT2D eigenvalue weighted by Gasteiger charge is 2.08. The van der Waals surface area contributed by atoms with Gasteiger partial charge >= 0.3 is 6.09 Å². The van der Waals surface area contributed by atoms with Gasteiger partial charge in [0, 0.05) is 5.56 Å². The zero-order valence-electron chi connectivity index (χ0n) is 11.0. The predicted octanol–water partition coefficient (Wildman–Crippen LogP) is 3.29. The summed E-state index contributed by atoms with van der Waals surface area (Å²) in [4.78, 5) is 11.8. The number of rotatable bonds is 2. The van der Waals surface area contributed by atoms with Crippen molar-refractivity contribution in [2.75, 3.05) is 11.9 Å². The molecule has 0 aliphatic rings. The summed E-state index contributed by atoms with van der Waals surface area (Å²) in [5.74, 6) is 5.69. The summed E-state index contributed by atoms with van der Waals surface area (Å²) >= 11 is 6.01. The molecule has 0 atom stereocenters. The molecule has 0 radical (unpaired) electrons. The van der Waals surface area contributed by atoms with Crippen molar-refractivity contribution >= 4 is 23.4 Å². The SMILES string of the molecule is O=C(Nc1cc(C#CCO)ccc1Cl)Oc1ccccc1. The first-order valence-corrected chi connectivity index (χ1v) is 6.50. The molecule has 2 aromatic carbocycles. The van der Waals surface area contributed by atoms with Crippen molar-refractivity contribution in [1.82, 2.24) is 0 Å². The number of halogens is 1. The molecule has 4 nitrogen and oxygen atoms in total. The molecule has 2 aromatic rings. The lowest BCUT2D eigenvalue weighted by atomic mass is 10.2. The van der Waals surface area contributed by atoms with Crippen LogP contribution in [-0.4, -0.2) is 17.8 Å². The number of aliphatic hydroxyl groups is 1. The fourth-order valence-electron chi connectivity index (χ4n) is 1.57. The van der Waals surface area contributed by atoms with E-state index in [0.29, 0.717) is 22.0 Å². The molecule has 0 aromatic heterocycles. The van der Waals surface area contributed by atoms with Gasteiger partial charge in [-0.2, -0.15) is 0 Å². The highest BCUT2D eigenvalue weighted by molar-refractivity contribution is 6.33. The Kier molecular flexibility index (Phi) is 5.22. The normalized spacial score (nSPS) is 9.43. The number of hydrogen-bond acceptors (Lipinski definition) is 3. The van der Waals surface area contributed by atoms with Gasteiger partial charge in [-0.15, -0.1) is 0 Å². The summed E-state index contributed by atoms with van der Waals surface area (Å²) in [6, 6.07) is 13.6. The third-order valence-electron chi connectivity index (χ3n) is 2.47. The quantitative estimate of drug-likeness (QED) is 0.837. The minimum Gasteiger partial charge on any atom is -0.410 e. The lowest BCUT2D eigenvalue weighted by molar-refractivity contribution is 0.215. The molecule has 1 amide bonds. The molecule has 0 heterocycles. The summed E-state index contributed by atoms with van der Waals surface area (Å²) in [5, 5.41) is 11.6. The second kappa shape index (κ2) is 7.34. The molecule has 0 unspecified atom stereocenters. The Hall–Kier alpha value is -2.48. The summed E-state index contributed by atoms with van der Waals surface area (Å²) < 4.78 is 5.11. The standard InChI is InChI=1S/C16H12ClNO3/c17-14-9-8-12(5-4-10-19)11-15(14)18-16(20)21-13-6-2-1-3-7-13/h1-3,6-9,11,19H,10H2,(H,18,20). The maximum atomic E-state index is 11.8. The van der Waals surface area contributed by atoms with Crippen molar-refractivity contribution in [2.45, 2.75) is 0 Å². The van der Waals surface area contributed by atoms with Crippen LogP contribution in [0.5, 0.6) is 5.75 Å². The minimum absolute atomic E-state index is 0.235. The number of nitrogens with one attached hydrogen (secondary N) is 1. The number of benzene rings is 2. The zero-order valence-corrected chi connectivity index (χ0v) is 11.7. The van der Waals surface area contributed by atoms with Crippen molar-refractivity contribution in [3.05, 3.63) is 59.1 Å². The molecule has 5 heteroatoms. The first-order chi connectivity index (χ1) is 10.2. The van der Waals surface area contributed by atoms with Crippen LogP contribution in [0.1, 0.15) is 5.56 Å². The topological polar surface area (TPSA) is 58.6 Å². The van der Waals surface area contributed by atoms with Crippen molar-refractivity contribution < 1.29 is 14.6 Å². The monoisotopic (exact) mass is 301 g/mol. The molecule has 21 heavy (non-hydrogen) atoms. The lowest BCUT2D eigenvalue weighted by Gasteiger charge is -2.08. The summed E-state index contributed by atoms with van der Waals surface area (Å²) in [6.45, 7) is -0.235. The average molecular weight is 302 g/mol. The van der Waals surface area contributed by atoms with E-state index in [1.165, 1.54) is 0 Å². The van der Waals surface area contributed by atoms with Crippen molar-refractivity contribution in [1.29, 1.82) is 0 Å². The fourth-order valence-corrected chi connectivity index (χ4v) is 1.74. The van der Waals surface area contributed by atoms with Crippen molar-refractivity contribution in [2.24, 2.45) is 0 Å². The zero-order chi connectivity index (χ0) is 15.1. The maximum absolute atomic E-state index is 11.8. The average Bonchev–Trinajstić information content (AvgIpc) is 2.49. The molecule has 0 spiro atoms. The maximum Gasteiger partial charge on any atom is 0.417 e. The largest absolute Gasteiger partial charge is 0.417 e. The molecule has 2 N–H and O–H groups in total. The Morgan fingerprint density at radius 3 is 2.71 bits per heavy atom. The smallest absolute Gasteiger partial charge is 0.410 e. The van der Waals surface area contributed by atoms with Crippen LogP contribution in [0.2, 0.25) is 5.02 Å². The minimum atomic E-state index is -0.643. The second-order valence-electron chi connectivity index (χ2n) is 3.98. The van der Waals surface area contributed by atoms with Crippen LogP contribution < -0.4 is 10.1 Å². The summed E-state index contributed by atoms with van der Waals surface area (Å²) in [6.07, 6.45) is -0.643. The van der Waals surface area contributed by atoms with Crippen LogP contribution in [-0.2, 0) is 0 Å². The molecular formula is C16H12ClNO3. The first-order valence-electron chi connectivity index (χ1n) is 6.12. The second-order valence-corrected chi connectivity index (χ2v) is 4.39. The number of anilines is 1. The van der Waals surface area contributed by atoms with Gasteiger partial charge in [0.25, 0.3) is 0 Å². The van der Waals surface area contributed by atoms with E-state index >= 15 is 0 Å². The molecule has 0 saturated carbocycles. The number of aliphatic hydroxyl groups excluding tert-OH is 1. The van der Waals surface area contributed by atoms with E-state index in [-0.39, 0.29) is 6.61 Å². The van der Waals surface area contributed by atoms with Gasteiger partial charge in [-0.3, -0.25) is 5.32 Å². The van der Waals surface area contributed by atoms with Gasteiger partial charge in [-0.25, -0.2) is 4.79 Å². The van der Waals surface area contributed by atoms with Gasteiger partial charge in [0.15, 0.2) is 0 Å². The first kappa shape index (κ1) is 14.9. The van der Waals surface area contributed by atoms with E-state index in [1.807, 2.05) is 6.07 Å². The van der Waals surface area contributed by atoms with Crippen LogP contribution in [0, 0.1) is 11.8 Å². The van der Waals surface area contributed by atoms with Crippen LogP contribution >= 0.6 is 11.6 Å². The number of para-hydroxylation sites is 1. The van der Waals surface area contributed by atoms with Gasteiger partial charge in [0.2, 0.25) is 0 Å². The van der Waals surface area contributed by atoms with Crippen LogP contribution in [0.15, 0.2) is 48.5 Å². The third-order valence-corrected chi connectivity index (χ3v) is 2.80. The summed E-state index contributed by atoms with van der Waals surface area (Å²) in [5.41, 5.74) is 1.02. The molecule has 0 bridgehead atoms. The Morgan fingerprint density at radius 1 is 1.24 bits per heavy atom.